The quantitative estimate of drug-likeness (QED) is 0.862. The number of benzene rings is 1. The molecule has 1 aromatic heterocycles. The van der Waals surface area contributed by atoms with Crippen molar-refractivity contribution < 1.29 is 0 Å². The Morgan fingerprint density at radius 1 is 1.20 bits per heavy atom. The number of hydrogen-bond acceptors (Lipinski definition) is 3. The average molecular weight is 335 g/mol. The first kappa shape index (κ1) is 13.8. The summed E-state index contributed by atoms with van der Waals surface area (Å²) in [5.41, 5.74) is 1.38. The minimum absolute atomic E-state index is 0.472. The Hall–Kier alpha value is -1.20. The average Bonchev–Trinajstić information content (AvgIpc) is 3.02. The van der Waals surface area contributed by atoms with Crippen LogP contribution in [0.3, 0.4) is 0 Å². The third-order valence-corrected chi connectivity index (χ3v) is 4.74. The van der Waals surface area contributed by atoms with Gasteiger partial charge in [0.05, 0.1) is 6.04 Å². The van der Waals surface area contributed by atoms with Gasteiger partial charge < -0.3 is 0 Å². The van der Waals surface area contributed by atoms with E-state index in [-0.39, 0.29) is 0 Å². The van der Waals surface area contributed by atoms with Gasteiger partial charge in [-0.1, -0.05) is 28.1 Å². The van der Waals surface area contributed by atoms with Gasteiger partial charge in [0, 0.05) is 23.6 Å². The van der Waals surface area contributed by atoms with E-state index < -0.39 is 0 Å². The fourth-order valence-electron chi connectivity index (χ4n) is 2.90. The van der Waals surface area contributed by atoms with E-state index in [0.29, 0.717) is 12.1 Å². The van der Waals surface area contributed by atoms with Gasteiger partial charge >= 0.3 is 0 Å². The Morgan fingerprint density at radius 2 is 1.90 bits per heavy atom. The molecule has 106 valence electrons. The second-order valence-corrected chi connectivity index (χ2v) is 6.29. The summed E-state index contributed by atoms with van der Waals surface area (Å²) in [5, 5.41) is 4.26. The summed E-state index contributed by atoms with van der Waals surface area (Å²) in [7, 11) is 0. The molecule has 2 aromatic rings. The predicted molar refractivity (Wildman–Crippen MR) is 82.4 cm³/mol. The minimum atomic E-state index is 0.472. The van der Waals surface area contributed by atoms with E-state index in [9.17, 15) is 0 Å². The summed E-state index contributed by atoms with van der Waals surface area (Å²) in [5.74, 6) is 0. The molecular weight excluding hydrogens is 316 g/mol. The van der Waals surface area contributed by atoms with Crippen LogP contribution in [0.25, 0.3) is 0 Å². The lowest BCUT2D eigenvalue weighted by Crippen LogP contribution is -2.36. The first-order valence-corrected chi connectivity index (χ1v) is 7.87. The smallest absolute Gasteiger partial charge is 0.137 e. The molecule has 0 radical (unpaired) electrons. The SMILES string of the molecule is CC(c1ccc(Br)cc1)N1CCC(n2cncn2)CC1. The lowest BCUT2D eigenvalue weighted by molar-refractivity contribution is 0.139. The lowest BCUT2D eigenvalue weighted by Gasteiger charge is -2.36. The van der Waals surface area contributed by atoms with Crippen molar-refractivity contribution in [3.63, 3.8) is 0 Å². The molecule has 0 amide bonds. The predicted octanol–water partition coefficient (Wildman–Crippen LogP) is 3.44. The van der Waals surface area contributed by atoms with E-state index in [1.807, 2.05) is 11.0 Å². The number of rotatable bonds is 3. The van der Waals surface area contributed by atoms with Crippen LogP contribution in [-0.4, -0.2) is 32.8 Å². The van der Waals surface area contributed by atoms with Gasteiger partial charge in [0.15, 0.2) is 0 Å². The Morgan fingerprint density at radius 3 is 2.50 bits per heavy atom. The molecule has 0 aliphatic carbocycles. The highest BCUT2D eigenvalue weighted by Gasteiger charge is 2.24. The zero-order valence-electron chi connectivity index (χ0n) is 11.6. The monoisotopic (exact) mass is 334 g/mol. The number of aromatic nitrogens is 3. The highest BCUT2D eigenvalue weighted by molar-refractivity contribution is 9.10. The third kappa shape index (κ3) is 2.94. The summed E-state index contributed by atoms with van der Waals surface area (Å²) in [6.45, 7) is 4.52. The Bertz CT molecular complexity index is 530. The zero-order chi connectivity index (χ0) is 13.9. The van der Waals surface area contributed by atoms with Gasteiger partial charge in [0.25, 0.3) is 0 Å². The first-order chi connectivity index (χ1) is 9.74. The van der Waals surface area contributed by atoms with E-state index in [2.05, 4.69) is 62.1 Å². The van der Waals surface area contributed by atoms with Gasteiger partial charge in [-0.2, -0.15) is 5.10 Å². The molecule has 1 unspecified atom stereocenters. The van der Waals surface area contributed by atoms with Crippen LogP contribution in [0.5, 0.6) is 0 Å². The zero-order valence-corrected chi connectivity index (χ0v) is 13.2. The Kier molecular flexibility index (Phi) is 4.17. The van der Waals surface area contributed by atoms with Crippen molar-refractivity contribution in [2.24, 2.45) is 0 Å². The van der Waals surface area contributed by atoms with Crippen molar-refractivity contribution >= 4 is 15.9 Å². The molecule has 1 aliphatic heterocycles. The van der Waals surface area contributed by atoms with Crippen molar-refractivity contribution in [3.05, 3.63) is 47.0 Å². The van der Waals surface area contributed by atoms with Crippen molar-refractivity contribution in [2.45, 2.75) is 31.8 Å². The van der Waals surface area contributed by atoms with Gasteiger partial charge in [0.2, 0.25) is 0 Å². The summed E-state index contributed by atoms with van der Waals surface area (Å²) in [4.78, 5) is 6.59. The van der Waals surface area contributed by atoms with Crippen LogP contribution in [0.2, 0.25) is 0 Å². The van der Waals surface area contributed by atoms with Crippen molar-refractivity contribution in [3.8, 4) is 0 Å². The summed E-state index contributed by atoms with van der Waals surface area (Å²) in [6.07, 6.45) is 5.74. The Labute approximate surface area is 127 Å². The molecular formula is C15H19BrN4. The van der Waals surface area contributed by atoms with Gasteiger partial charge in [-0.25, -0.2) is 9.67 Å². The number of likely N-dealkylation sites (tertiary alicyclic amines) is 1. The third-order valence-electron chi connectivity index (χ3n) is 4.21. The fourth-order valence-corrected chi connectivity index (χ4v) is 3.16. The number of piperidine rings is 1. The maximum absolute atomic E-state index is 4.26. The van der Waals surface area contributed by atoms with Gasteiger partial charge in [0.1, 0.15) is 12.7 Å². The fraction of sp³-hybridized carbons (Fsp3) is 0.467. The topological polar surface area (TPSA) is 34.0 Å². The van der Waals surface area contributed by atoms with Gasteiger partial charge in [-0.3, -0.25) is 4.90 Å². The molecule has 1 atom stereocenters. The van der Waals surface area contributed by atoms with Crippen molar-refractivity contribution in [1.29, 1.82) is 0 Å². The second kappa shape index (κ2) is 6.06. The molecule has 0 N–H and O–H groups in total. The molecule has 20 heavy (non-hydrogen) atoms. The van der Waals surface area contributed by atoms with Crippen LogP contribution < -0.4 is 0 Å². The van der Waals surface area contributed by atoms with Crippen molar-refractivity contribution in [2.75, 3.05) is 13.1 Å². The molecule has 1 aliphatic rings. The molecule has 1 saturated heterocycles. The molecule has 3 rings (SSSR count). The molecule has 0 spiro atoms. The number of halogens is 1. The standard InChI is InChI=1S/C15H19BrN4/c1-12(13-2-4-14(16)5-3-13)19-8-6-15(7-9-19)20-11-17-10-18-20/h2-5,10-12,15H,6-9H2,1H3. The molecule has 4 nitrogen and oxygen atoms in total. The van der Waals surface area contributed by atoms with E-state index in [0.717, 1.165) is 30.4 Å². The van der Waals surface area contributed by atoms with E-state index in [4.69, 9.17) is 0 Å². The van der Waals surface area contributed by atoms with Crippen LogP contribution in [-0.2, 0) is 0 Å². The first-order valence-electron chi connectivity index (χ1n) is 7.07. The van der Waals surface area contributed by atoms with Gasteiger partial charge in [-0.15, -0.1) is 0 Å². The summed E-state index contributed by atoms with van der Waals surface area (Å²) in [6, 6.07) is 9.63. The van der Waals surface area contributed by atoms with Crippen LogP contribution in [0.4, 0.5) is 0 Å². The molecule has 1 aromatic carbocycles. The summed E-state index contributed by atoms with van der Waals surface area (Å²) >= 11 is 3.49. The lowest BCUT2D eigenvalue weighted by atomic mass is 10.0. The second-order valence-electron chi connectivity index (χ2n) is 5.37. The van der Waals surface area contributed by atoms with Crippen molar-refractivity contribution in [1.82, 2.24) is 19.7 Å². The van der Waals surface area contributed by atoms with E-state index in [1.54, 1.807) is 6.33 Å². The van der Waals surface area contributed by atoms with Crippen LogP contribution in [0.15, 0.2) is 41.4 Å². The van der Waals surface area contributed by atoms with Gasteiger partial charge in [-0.05, 0) is 37.5 Å². The van der Waals surface area contributed by atoms with Crippen LogP contribution >= 0.6 is 15.9 Å². The summed E-state index contributed by atoms with van der Waals surface area (Å²) < 4.78 is 3.14. The normalized spacial score (nSPS) is 19.1. The largest absolute Gasteiger partial charge is 0.296 e. The van der Waals surface area contributed by atoms with E-state index >= 15 is 0 Å². The highest BCUT2D eigenvalue weighted by atomic mass is 79.9. The highest BCUT2D eigenvalue weighted by Crippen LogP contribution is 2.28. The van der Waals surface area contributed by atoms with Crippen LogP contribution in [0, 0.1) is 0 Å². The molecule has 0 bridgehead atoms. The number of hydrogen-bond donors (Lipinski definition) is 0. The minimum Gasteiger partial charge on any atom is -0.296 e. The molecule has 0 saturated carbocycles. The molecule has 1 fully saturated rings. The molecule has 5 heteroatoms. The Balaban J connectivity index is 1.61. The molecule has 2 heterocycles. The maximum atomic E-state index is 4.26. The maximum Gasteiger partial charge on any atom is 0.137 e. The van der Waals surface area contributed by atoms with E-state index in [1.165, 1.54) is 5.56 Å². The van der Waals surface area contributed by atoms with Crippen LogP contribution in [0.1, 0.15) is 37.4 Å². The number of nitrogens with zero attached hydrogens (tertiary/aromatic N) is 4.